The molecule has 0 aromatic heterocycles. The average Bonchev–Trinajstić information content (AvgIpc) is 2.81. The third kappa shape index (κ3) is 4.53. The van der Waals surface area contributed by atoms with Gasteiger partial charge in [0.1, 0.15) is 10.7 Å². The number of anilines is 1. The molecule has 1 fully saturated rings. The van der Waals surface area contributed by atoms with E-state index in [1.54, 1.807) is 11.0 Å². The van der Waals surface area contributed by atoms with E-state index >= 15 is 0 Å². The molecule has 172 valence electrons. The lowest BCUT2D eigenvalue weighted by Crippen LogP contribution is -2.53. The highest BCUT2D eigenvalue weighted by Crippen LogP contribution is 2.34. The average molecular weight is 492 g/mol. The van der Waals surface area contributed by atoms with Crippen molar-refractivity contribution < 1.29 is 31.8 Å². The Morgan fingerprint density at radius 3 is 2.06 bits per heavy atom. The zero-order valence-corrected chi connectivity index (χ0v) is 18.6. The van der Waals surface area contributed by atoms with Crippen LogP contribution in [0.15, 0.2) is 18.2 Å². The maximum absolute atomic E-state index is 14.2. The second kappa shape index (κ2) is 9.78. The first-order valence-corrected chi connectivity index (χ1v) is 10.1. The van der Waals surface area contributed by atoms with Crippen molar-refractivity contribution in [2.45, 2.75) is 0 Å². The Morgan fingerprint density at radius 1 is 0.969 bits per heavy atom. The van der Waals surface area contributed by atoms with Crippen LogP contribution < -0.4 is 19.7 Å². The third-order valence-electron chi connectivity index (χ3n) is 4.94. The van der Waals surface area contributed by atoms with Crippen LogP contribution in [0.4, 0.5) is 23.2 Å². The summed E-state index contributed by atoms with van der Waals surface area (Å²) in [5, 5.41) is 1.44. The van der Waals surface area contributed by atoms with Gasteiger partial charge in [-0.15, -0.1) is 0 Å². The van der Waals surface area contributed by atoms with Gasteiger partial charge in [0, 0.05) is 31.7 Å². The van der Waals surface area contributed by atoms with E-state index in [0.717, 1.165) is 4.90 Å². The Morgan fingerprint density at radius 2 is 1.53 bits per heavy atom. The van der Waals surface area contributed by atoms with Gasteiger partial charge in [-0.3, -0.25) is 10.1 Å². The Balaban J connectivity index is 1.66. The maximum atomic E-state index is 14.2. The van der Waals surface area contributed by atoms with Gasteiger partial charge in [-0.1, -0.05) is 11.6 Å². The van der Waals surface area contributed by atoms with Crippen LogP contribution in [0, 0.1) is 23.3 Å². The van der Waals surface area contributed by atoms with E-state index in [0.29, 0.717) is 11.5 Å². The molecule has 0 aliphatic carbocycles. The number of amides is 1. The molecule has 2 aromatic carbocycles. The summed E-state index contributed by atoms with van der Waals surface area (Å²) in [5.41, 5.74) is -0.552. The van der Waals surface area contributed by atoms with Gasteiger partial charge in [-0.25, -0.2) is 17.6 Å². The van der Waals surface area contributed by atoms with Crippen LogP contribution in [-0.4, -0.2) is 56.3 Å². The first-order chi connectivity index (χ1) is 15.2. The maximum Gasteiger partial charge on any atom is 0.257 e. The van der Waals surface area contributed by atoms with Crippen molar-refractivity contribution in [3.63, 3.8) is 0 Å². The van der Waals surface area contributed by atoms with E-state index in [9.17, 15) is 22.4 Å². The number of carbonyl (C=O) groups excluding carboxylic acids is 1. The molecular weight excluding hydrogens is 474 g/mol. The molecule has 1 aliphatic rings. The number of nitrogens with zero attached hydrogens (tertiary/aromatic N) is 2. The van der Waals surface area contributed by atoms with Crippen LogP contribution in [0.5, 0.6) is 11.5 Å². The molecule has 12 heteroatoms. The fourth-order valence-corrected chi connectivity index (χ4v) is 3.67. The molecule has 0 atom stereocenters. The predicted octanol–water partition coefficient (Wildman–Crippen LogP) is 3.75. The molecule has 1 amide bonds. The second-order valence-corrected chi connectivity index (χ2v) is 7.49. The van der Waals surface area contributed by atoms with E-state index in [-0.39, 0.29) is 36.9 Å². The molecule has 1 N–H and O–H groups in total. The normalized spacial score (nSPS) is 13.7. The molecule has 0 saturated carbocycles. The van der Waals surface area contributed by atoms with Crippen LogP contribution in [0.3, 0.4) is 0 Å². The summed E-state index contributed by atoms with van der Waals surface area (Å²) in [6.07, 6.45) is 0. The number of piperazine rings is 1. The largest absolute Gasteiger partial charge is 0.493 e. The second-order valence-electron chi connectivity index (χ2n) is 6.72. The number of thiocarbonyl (C=S) groups is 1. The molecule has 3 rings (SSSR count). The van der Waals surface area contributed by atoms with Crippen molar-refractivity contribution in [2.75, 3.05) is 45.3 Å². The zero-order chi connectivity index (χ0) is 23.6. The van der Waals surface area contributed by atoms with Gasteiger partial charge >= 0.3 is 0 Å². The van der Waals surface area contributed by atoms with Crippen LogP contribution in [0.2, 0.25) is 5.02 Å². The van der Waals surface area contributed by atoms with E-state index in [4.69, 9.17) is 33.3 Å². The number of nitrogens with one attached hydrogen (secondary N) is 1. The zero-order valence-electron chi connectivity index (χ0n) is 17.0. The standard InChI is InChI=1S/C20H18ClF4N3O3S/c1-30-11-4-3-10(9-12(11)31-2)19(29)26-20(32)28-7-5-27(6-8-28)18-16(24)14(22)13(21)15(23)17(18)25/h3-4,9H,5-8H2,1-2H3,(H,26,29,32). The van der Waals surface area contributed by atoms with Gasteiger partial charge in [0.25, 0.3) is 5.91 Å². The first kappa shape index (κ1) is 23.9. The molecule has 1 aliphatic heterocycles. The Kier molecular flexibility index (Phi) is 7.29. The van der Waals surface area contributed by atoms with Crippen LogP contribution in [0.25, 0.3) is 0 Å². The Hall–Kier alpha value is -2.79. The molecule has 1 saturated heterocycles. The van der Waals surface area contributed by atoms with E-state index < -0.39 is 39.9 Å². The number of ether oxygens (including phenoxy) is 2. The molecule has 2 aromatic rings. The van der Waals surface area contributed by atoms with Crippen molar-refractivity contribution in [3.05, 3.63) is 52.1 Å². The number of halogens is 5. The molecule has 0 unspecified atom stereocenters. The lowest BCUT2D eigenvalue weighted by atomic mass is 10.2. The summed E-state index contributed by atoms with van der Waals surface area (Å²) < 4.78 is 66.2. The lowest BCUT2D eigenvalue weighted by molar-refractivity contribution is 0.0972. The number of rotatable bonds is 4. The smallest absolute Gasteiger partial charge is 0.257 e. The molecule has 6 nitrogen and oxygen atoms in total. The summed E-state index contributed by atoms with van der Waals surface area (Å²) in [4.78, 5) is 15.3. The van der Waals surface area contributed by atoms with Crippen LogP contribution in [-0.2, 0) is 0 Å². The number of benzene rings is 2. The minimum atomic E-state index is -1.65. The minimum Gasteiger partial charge on any atom is -0.493 e. The predicted molar refractivity (Wildman–Crippen MR) is 115 cm³/mol. The Labute approximate surface area is 191 Å². The van der Waals surface area contributed by atoms with Crippen molar-refractivity contribution in [1.29, 1.82) is 0 Å². The highest BCUT2D eigenvalue weighted by atomic mass is 35.5. The van der Waals surface area contributed by atoms with Gasteiger partial charge in [0.05, 0.1) is 14.2 Å². The fraction of sp³-hybridized carbons (Fsp3) is 0.300. The number of carbonyl (C=O) groups is 1. The van der Waals surface area contributed by atoms with Crippen LogP contribution >= 0.6 is 23.8 Å². The monoisotopic (exact) mass is 491 g/mol. The molecule has 0 radical (unpaired) electrons. The number of methoxy groups -OCH3 is 2. The summed E-state index contributed by atoms with van der Waals surface area (Å²) in [7, 11) is 2.91. The fourth-order valence-electron chi connectivity index (χ4n) is 3.23. The molecule has 0 spiro atoms. The summed E-state index contributed by atoms with van der Waals surface area (Å²) in [6, 6.07) is 4.60. The quantitative estimate of drug-likeness (QED) is 0.304. The summed E-state index contributed by atoms with van der Waals surface area (Å²) in [6.45, 7) is 0.299. The van der Waals surface area contributed by atoms with E-state index in [2.05, 4.69) is 5.32 Å². The van der Waals surface area contributed by atoms with Gasteiger partial charge in [0.15, 0.2) is 39.9 Å². The van der Waals surface area contributed by atoms with Gasteiger partial charge < -0.3 is 19.3 Å². The molecule has 1 heterocycles. The van der Waals surface area contributed by atoms with Gasteiger partial charge in [-0.05, 0) is 30.4 Å². The summed E-state index contributed by atoms with van der Waals surface area (Å²) in [5.74, 6) is -6.10. The highest BCUT2D eigenvalue weighted by molar-refractivity contribution is 7.80. The molecule has 0 bridgehead atoms. The topological polar surface area (TPSA) is 54.0 Å². The van der Waals surface area contributed by atoms with Crippen LogP contribution in [0.1, 0.15) is 10.4 Å². The number of hydrogen-bond acceptors (Lipinski definition) is 5. The van der Waals surface area contributed by atoms with Crippen molar-refractivity contribution in [2.24, 2.45) is 0 Å². The third-order valence-corrected chi connectivity index (χ3v) is 5.63. The SMILES string of the molecule is COc1ccc(C(=O)NC(=S)N2CCN(c3c(F)c(F)c(Cl)c(F)c3F)CC2)cc1OC. The lowest BCUT2D eigenvalue weighted by Gasteiger charge is -2.37. The first-order valence-electron chi connectivity index (χ1n) is 9.28. The minimum absolute atomic E-state index is 0.000716. The van der Waals surface area contributed by atoms with Gasteiger partial charge in [-0.2, -0.15) is 0 Å². The van der Waals surface area contributed by atoms with E-state index in [1.807, 2.05) is 0 Å². The molecular formula is C20H18ClF4N3O3S. The summed E-state index contributed by atoms with van der Waals surface area (Å²) >= 11 is 10.5. The van der Waals surface area contributed by atoms with E-state index in [1.165, 1.54) is 26.4 Å². The van der Waals surface area contributed by atoms with Gasteiger partial charge in [0.2, 0.25) is 0 Å². The Bertz CT molecular complexity index is 1040. The highest BCUT2D eigenvalue weighted by Gasteiger charge is 2.30. The van der Waals surface area contributed by atoms with Crippen molar-refractivity contribution in [1.82, 2.24) is 10.2 Å². The number of hydrogen-bond donors (Lipinski definition) is 1. The van der Waals surface area contributed by atoms with Crippen molar-refractivity contribution in [3.8, 4) is 11.5 Å². The van der Waals surface area contributed by atoms with Crippen molar-refractivity contribution >= 4 is 40.5 Å². The molecule has 32 heavy (non-hydrogen) atoms.